The van der Waals surface area contributed by atoms with Gasteiger partial charge in [0.25, 0.3) is 0 Å². The average Bonchev–Trinajstić information content (AvgIpc) is 2.86. The molecule has 0 aromatic heterocycles. The summed E-state index contributed by atoms with van der Waals surface area (Å²) in [5.74, 6) is -1.46. The third-order valence-electron chi connectivity index (χ3n) is 6.39. The molecule has 0 radical (unpaired) electrons. The average molecular weight is 510 g/mol. The molecule has 0 saturated carbocycles. The second-order valence-corrected chi connectivity index (χ2v) is 11.0. The molecule has 0 unspecified atom stereocenters. The number of ether oxygens (including phenoxy) is 1. The zero-order valence-electron chi connectivity index (χ0n) is 18.9. The Morgan fingerprint density at radius 3 is 2.38 bits per heavy atom. The summed E-state index contributed by atoms with van der Waals surface area (Å²) in [7, 11) is -3.73. The molecule has 2 heterocycles. The molecular weight excluding hydrogens is 481 g/mol. The highest BCUT2D eigenvalue weighted by Crippen LogP contribution is 2.26. The lowest BCUT2D eigenvalue weighted by molar-refractivity contribution is -0.126. The molecule has 2 aromatic carbocycles. The molecule has 0 aliphatic carbocycles. The van der Waals surface area contributed by atoms with Crippen LogP contribution in [0.25, 0.3) is 0 Å². The van der Waals surface area contributed by atoms with E-state index in [1.165, 1.54) is 22.5 Å². The molecule has 2 aromatic rings. The van der Waals surface area contributed by atoms with Gasteiger partial charge in [-0.05, 0) is 42.7 Å². The number of hydrogen-bond donors (Lipinski definition) is 1. The molecule has 1 N–H and O–H groups in total. The van der Waals surface area contributed by atoms with E-state index in [4.69, 9.17) is 16.3 Å². The summed E-state index contributed by atoms with van der Waals surface area (Å²) >= 11 is 5.99. The van der Waals surface area contributed by atoms with Gasteiger partial charge in [0.05, 0.1) is 19.0 Å². The number of halogens is 2. The van der Waals surface area contributed by atoms with Crippen molar-refractivity contribution < 1.29 is 22.3 Å². The number of hydrogen-bond acceptors (Lipinski definition) is 5. The van der Waals surface area contributed by atoms with Crippen molar-refractivity contribution in [2.24, 2.45) is 5.92 Å². The number of carbonyl (C=O) groups excluding carboxylic acids is 1. The van der Waals surface area contributed by atoms with Crippen molar-refractivity contribution in [3.63, 3.8) is 0 Å². The standard InChI is InChI=1S/C24H29ClFN3O4S/c25-22-2-1-3-23(26)21(22)17-34(31,32)29-10-8-19(9-11-29)24(30)27-16-18-4-6-20(7-5-18)28-12-14-33-15-13-28/h1-7,19H,8-17H2,(H,27,30). The Labute approximate surface area is 204 Å². The van der Waals surface area contributed by atoms with E-state index in [0.29, 0.717) is 19.4 Å². The highest BCUT2D eigenvalue weighted by Gasteiger charge is 2.32. The third-order valence-corrected chi connectivity index (χ3v) is 8.55. The highest BCUT2D eigenvalue weighted by molar-refractivity contribution is 7.88. The van der Waals surface area contributed by atoms with Gasteiger partial charge >= 0.3 is 0 Å². The predicted molar refractivity (Wildman–Crippen MR) is 130 cm³/mol. The van der Waals surface area contributed by atoms with Gasteiger partial charge in [-0.3, -0.25) is 4.79 Å². The van der Waals surface area contributed by atoms with Gasteiger partial charge in [-0.2, -0.15) is 0 Å². The number of anilines is 1. The van der Waals surface area contributed by atoms with Crippen LogP contribution in [0.1, 0.15) is 24.0 Å². The van der Waals surface area contributed by atoms with Gasteiger partial charge in [0.1, 0.15) is 5.82 Å². The van der Waals surface area contributed by atoms with Gasteiger partial charge in [-0.1, -0.05) is 29.8 Å². The summed E-state index contributed by atoms with van der Waals surface area (Å²) in [4.78, 5) is 14.9. The molecule has 34 heavy (non-hydrogen) atoms. The van der Waals surface area contributed by atoms with Crippen molar-refractivity contribution in [3.05, 3.63) is 64.4 Å². The van der Waals surface area contributed by atoms with Crippen molar-refractivity contribution >= 4 is 33.2 Å². The van der Waals surface area contributed by atoms with Gasteiger partial charge in [0.15, 0.2) is 0 Å². The number of carbonyl (C=O) groups is 1. The lowest BCUT2D eigenvalue weighted by atomic mass is 9.97. The first-order valence-electron chi connectivity index (χ1n) is 11.4. The minimum atomic E-state index is -3.73. The molecule has 2 aliphatic rings. The van der Waals surface area contributed by atoms with Crippen LogP contribution in [0.4, 0.5) is 10.1 Å². The quantitative estimate of drug-likeness (QED) is 0.620. The summed E-state index contributed by atoms with van der Waals surface area (Å²) in [6.45, 7) is 4.08. The van der Waals surface area contributed by atoms with E-state index >= 15 is 0 Å². The predicted octanol–water partition coefficient (Wildman–Crippen LogP) is 3.17. The van der Waals surface area contributed by atoms with Crippen molar-refractivity contribution in [1.82, 2.24) is 9.62 Å². The van der Waals surface area contributed by atoms with Crippen molar-refractivity contribution in [2.75, 3.05) is 44.3 Å². The minimum absolute atomic E-state index is 0.0244. The van der Waals surface area contributed by atoms with Gasteiger partial charge < -0.3 is 15.0 Å². The molecule has 0 spiro atoms. The molecule has 2 fully saturated rings. The van der Waals surface area contributed by atoms with Gasteiger partial charge in [0, 0.05) is 54.9 Å². The molecule has 0 bridgehead atoms. The van der Waals surface area contributed by atoms with Crippen LogP contribution in [0.5, 0.6) is 0 Å². The number of benzene rings is 2. The summed E-state index contributed by atoms with van der Waals surface area (Å²) in [5, 5.41) is 3.06. The zero-order chi connectivity index (χ0) is 24.1. The monoisotopic (exact) mass is 509 g/mol. The molecule has 2 saturated heterocycles. The van der Waals surface area contributed by atoms with E-state index in [1.54, 1.807) is 0 Å². The molecular formula is C24H29ClFN3O4S. The number of morpholine rings is 1. The van der Waals surface area contributed by atoms with Crippen LogP contribution in [-0.4, -0.2) is 58.0 Å². The first kappa shape index (κ1) is 24.9. The lowest BCUT2D eigenvalue weighted by Crippen LogP contribution is -2.43. The number of nitrogens with zero attached hydrogens (tertiary/aromatic N) is 2. The summed E-state index contributed by atoms with van der Waals surface area (Å²) in [6, 6.07) is 12.2. The van der Waals surface area contributed by atoms with Crippen LogP contribution in [0.2, 0.25) is 5.02 Å². The van der Waals surface area contributed by atoms with Crippen molar-refractivity contribution in [1.29, 1.82) is 0 Å². The third kappa shape index (κ3) is 6.07. The number of rotatable bonds is 7. The number of amides is 1. The number of sulfonamides is 1. The normalized spacial score (nSPS) is 18.1. The van der Waals surface area contributed by atoms with E-state index in [9.17, 15) is 17.6 Å². The molecule has 0 atom stereocenters. The maximum atomic E-state index is 14.0. The number of nitrogens with one attached hydrogen (secondary N) is 1. The topological polar surface area (TPSA) is 79.0 Å². The summed E-state index contributed by atoms with van der Waals surface area (Å²) in [5.41, 5.74) is 2.12. The Hall–Kier alpha value is -2.20. The molecule has 10 heteroatoms. The Kier molecular flexibility index (Phi) is 8.08. The highest BCUT2D eigenvalue weighted by atomic mass is 35.5. The molecule has 1 amide bonds. The van der Waals surface area contributed by atoms with E-state index in [2.05, 4.69) is 22.3 Å². The second kappa shape index (κ2) is 11.0. The van der Waals surface area contributed by atoms with E-state index in [0.717, 1.165) is 37.6 Å². The fourth-order valence-electron chi connectivity index (χ4n) is 4.32. The first-order chi connectivity index (χ1) is 16.3. The van der Waals surface area contributed by atoms with Crippen LogP contribution >= 0.6 is 11.6 Å². The SMILES string of the molecule is O=C(NCc1ccc(N2CCOCC2)cc1)C1CCN(S(=O)(=O)Cc2c(F)cccc2Cl)CC1. The van der Waals surface area contributed by atoms with Gasteiger partial charge in [0.2, 0.25) is 15.9 Å². The molecule has 184 valence electrons. The Morgan fingerprint density at radius 2 is 1.74 bits per heavy atom. The fraction of sp³-hybridized carbons (Fsp3) is 0.458. The van der Waals surface area contributed by atoms with Crippen LogP contribution in [0.15, 0.2) is 42.5 Å². The molecule has 4 rings (SSSR count). The van der Waals surface area contributed by atoms with E-state index in [1.807, 2.05) is 12.1 Å². The van der Waals surface area contributed by atoms with Crippen LogP contribution in [0.3, 0.4) is 0 Å². The maximum Gasteiger partial charge on any atom is 0.223 e. The summed E-state index contributed by atoms with van der Waals surface area (Å²) in [6.07, 6.45) is 0.845. The van der Waals surface area contributed by atoms with E-state index in [-0.39, 0.29) is 35.5 Å². The number of piperidine rings is 1. The molecule has 7 nitrogen and oxygen atoms in total. The van der Waals surface area contributed by atoms with E-state index < -0.39 is 21.6 Å². The first-order valence-corrected chi connectivity index (χ1v) is 13.4. The molecule has 2 aliphatic heterocycles. The zero-order valence-corrected chi connectivity index (χ0v) is 20.5. The maximum absolute atomic E-state index is 14.0. The van der Waals surface area contributed by atoms with Crippen LogP contribution < -0.4 is 10.2 Å². The summed E-state index contributed by atoms with van der Waals surface area (Å²) < 4.78 is 46.3. The van der Waals surface area contributed by atoms with Gasteiger partial charge in [-0.25, -0.2) is 17.1 Å². The van der Waals surface area contributed by atoms with Crippen molar-refractivity contribution in [3.8, 4) is 0 Å². The van der Waals surface area contributed by atoms with Crippen LogP contribution in [-0.2, 0) is 31.9 Å². The smallest absolute Gasteiger partial charge is 0.223 e. The lowest BCUT2D eigenvalue weighted by Gasteiger charge is -2.30. The fourth-order valence-corrected chi connectivity index (χ4v) is 6.24. The Morgan fingerprint density at radius 1 is 1.06 bits per heavy atom. The minimum Gasteiger partial charge on any atom is -0.378 e. The van der Waals surface area contributed by atoms with Gasteiger partial charge in [-0.15, -0.1) is 0 Å². The second-order valence-electron chi connectivity index (χ2n) is 8.61. The largest absolute Gasteiger partial charge is 0.378 e. The van der Waals surface area contributed by atoms with Crippen molar-refractivity contribution in [2.45, 2.75) is 25.1 Å². The Bertz CT molecular complexity index is 1080. The Balaban J connectivity index is 1.25. The van der Waals surface area contributed by atoms with Crippen LogP contribution in [0, 0.1) is 11.7 Å².